The molecule has 0 amide bonds. The maximum atomic E-state index is 2.41. The average molecular weight is 351 g/mol. The van der Waals surface area contributed by atoms with Gasteiger partial charge < -0.3 is 9.80 Å². The third-order valence-electron chi connectivity index (χ3n) is 6.30. The zero-order valence-corrected chi connectivity index (χ0v) is 17.0. The minimum Gasteiger partial charge on any atom is -0.372 e. The molecule has 0 bridgehead atoms. The Labute approximate surface area is 159 Å². The largest absolute Gasteiger partial charge is 0.372 e. The number of benzene rings is 2. The number of hydrogen-bond donors (Lipinski definition) is 0. The van der Waals surface area contributed by atoms with Gasteiger partial charge in [0.25, 0.3) is 0 Å². The van der Waals surface area contributed by atoms with E-state index >= 15 is 0 Å². The van der Waals surface area contributed by atoms with E-state index in [4.69, 9.17) is 0 Å². The second kappa shape index (κ2) is 8.16. The molecule has 2 nitrogen and oxygen atoms in total. The van der Waals surface area contributed by atoms with E-state index in [1.54, 1.807) is 0 Å². The van der Waals surface area contributed by atoms with Crippen LogP contribution in [0.1, 0.15) is 58.1 Å². The summed E-state index contributed by atoms with van der Waals surface area (Å²) in [5.74, 6) is 0. The van der Waals surface area contributed by atoms with Gasteiger partial charge in [0, 0.05) is 43.0 Å². The first kappa shape index (κ1) is 18.8. The van der Waals surface area contributed by atoms with Gasteiger partial charge in [0.15, 0.2) is 0 Å². The van der Waals surface area contributed by atoms with Gasteiger partial charge in [-0.2, -0.15) is 0 Å². The number of rotatable bonds is 8. The van der Waals surface area contributed by atoms with Crippen LogP contribution in [0, 0.1) is 0 Å². The molecule has 0 radical (unpaired) electrons. The quantitative estimate of drug-likeness (QED) is 0.589. The summed E-state index contributed by atoms with van der Waals surface area (Å²) in [6.07, 6.45) is 3.86. The Morgan fingerprint density at radius 3 is 1.19 bits per heavy atom. The summed E-state index contributed by atoms with van der Waals surface area (Å²) in [4.78, 5) is 4.83. The molecule has 3 rings (SSSR count). The third kappa shape index (κ3) is 3.34. The number of hydrogen-bond acceptors (Lipinski definition) is 2. The Bertz CT molecular complexity index is 618. The predicted molar refractivity (Wildman–Crippen MR) is 115 cm³/mol. The molecular formula is C24H34N2. The number of anilines is 2. The summed E-state index contributed by atoms with van der Waals surface area (Å²) in [5, 5.41) is 0. The van der Waals surface area contributed by atoms with Crippen LogP contribution in [0.15, 0.2) is 48.5 Å². The van der Waals surface area contributed by atoms with Gasteiger partial charge in [-0.05, 0) is 75.9 Å². The van der Waals surface area contributed by atoms with Crippen LogP contribution in [0.5, 0.6) is 0 Å². The van der Waals surface area contributed by atoms with Crippen LogP contribution in [0.4, 0.5) is 11.4 Å². The van der Waals surface area contributed by atoms with Gasteiger partial charge in [0.1, 0.15) is 0 Å². The van der Waals surface area contributed by atoms with Gasteiger partial charge >= 0.3 is 0 Å². The van der Waals surface area contributed by atoms with Crippen molar-refractivity contribution < 1.29 is 0 Å². The second-order valence-corrected chi connectivity index (χ2v) is 7.37. The standard InChI is InChI=1S/C24H34N2/c1-5-25(6-2)22-14-10-20(11-15-22)24(18-9-19-24)21-12-16-23(17-13-21)26(7-3)8-4/h10-17H,5-9,18-19H2,1-4H3. The first-order valence-electron chi connectivity index (χ1n) is 10.4. The van der Waals surface area contributed by atoms with E-state index in [-0.39, 0.29) is 5.41 Å². The molecule has 2 heteroatoms. The summed E-state index contributed by atoms with van der Waals surface area (Å²) in [6.45, 7) is 13.2. The molecule has 2 aromatic carbocycles. The van der Waals surface area contributed by atoms with Crippen molar-refractivity contribution in [2.24, 2.45) is 0 Å². The zero-order chi connectivity index (χ0) is 18.6. The van der Waals surface area contributed by atoms with E-state index in [1.807, 2.05) is 0 Å². The number of nitrogens with zero attached hydrogens (tertiary/aromatic N) is 2. The van der Waals surface area contributed by atoms with Crippen LogP contribution in [-0.4, -0.2) is 26.2 Å². The fourth-order valence-corrected chi connectivity index (χ4v) is 4.43. The molecule has 0 atom stereocenters. The predicted octanol–water partition coefficient (Wildman–Crippen LogP) is 5.85. The van der Waals surface area contributed by atoms with Crippen LogP contribution < -0.4 is 9.80 Å². The smallest absolute Gasteiger partial charge is 0.0366 e. The maximum absolute atomic E-state index is 2.41. The fourth-order valence-electron chi connectivity index (χ4n) is 4.43. The molecule has 0 saturated heterocycles. The monoisotopic (exact) mass is 350 g/mol. The van der Waals surface area contributed by atoms with Crippen molar-refractivity contribution in [3.05, 3.63) is 59.7 Å². The maximum Gasteiger partial charge on any atom is 0.0366 e. The van der Waals surface area contributed by atoms with Gasteiger partial charge in [-0.15, -0.1) is 0 Å². The topological polar surface area (TPSA) is 6.48 Å². The lowest BCUT2D eigenvalue weighted by Crippen LogP contribution is -2.35. The van der Waals surface area contributed by atoms with E-state index in [1.165, 1.54) is 41.8 Å². The van der Waals surface area contributed by atoms with Gasteiger partial charge in [0.2, 0.25) is 0 Å². The Kier molecular flexibility index (Phi) is 5.90. The van der Waals surface area contributed by atoms with Crippen molar-refractivity contribution in [2.75, 3.05) is 36.0 Å². The zero-order valence-electron chi connectivity index (χ0n) is 17.0. The summed E-state index contributed by atoms with van der Waals surface area (Å²) in [6, 6.07) is 18.7. The normalized spacial score (nSPS) is 15.4. The van der Waals surface area contributed by atoms with Crippen molar-refractivity contribution in [3.63, 3.8) is 0 Å². The molecule has 0 aliphatic heterocycles. The van der Waals surface area contributed by atoms with Crippen molar-refractivity contribution in [1.82, 2.24) is 0 Å². The Hall–Kier alpha value is -1.96. The molecule has 26 heavy (non-hydrogen) atoms. The van der Waals surface area contributed by atoms with E-state index in [0.29, 0.717) is 0 Å². The first-order valence-corrected chi connectivity index (χ1v) is 10.4. The molecule has 1 aliphatic carbocycles. The summed E-state index contributed by atoms with van der Waals surface area (Å²) in [5.41, 5.74) is 5.87. The van der Waals surface area contributed by atoms with E-state index in [0.717, 1.165) is 26.2 Å². The van der Waals surface area contributed by atoms with Gasteiger partial charge in [-0.25, -0.2) is 0 Å². The van der Waals surface area contributed by atoms with Crippen LogP contribution >= 0.6 is 0 Å². The second-order valence-electron chi connectivity index (χ2n) is 7.37. The van der Waals surface area contributed by atoms with Crippen molar-refractivity contribution in [1.29, 1.82) is 0 Å². The van der Waals surface area contributed by atoms with Crippen LogP contribution in [-0.2, 0) is 5.41 Å². The average Bonchev–Trinajstić information content (AvgIpc) is 2.65. The molecule has 0 unspecified atom stereocenters. The molecular weight excluding hydrogens is 316 g/mol. The first-order chi connectivity index (χ1) is 12.7. The fraction of sp³-hybridized carbons (Fsp3) is 0.500. The highest BCUT2D eigenvalue weighted by Gasteiger charge is 2.40. The summed E-state index contributed by atoms with van der Waals surface area (Å²) < 4.78 is 0. The molecule has 0 spiro atoms. The van der Waals surface area contributed by atoms with E-state index in [2.05, 4.69) is 86.0 Å². The lowest BCUT2D eigenvalue weighted by molar-refractivity contribution is 0.301. The molecule has 0 heterocycles. The van der Waals surface area contributed by atoms with Crippen LogP contribution in [0.3, 0.4) is 0 Å². The molecule has 140 valence electrons. The molecule has 0 aromatic heterocycles. The molecule has 1 aliphatic rings. The lowest BCUT2D eigenvalue weighted by Gasteiger charge is -2.43. The van der Waals surface area contributed by atoms with Gasteiger partial charge in [-0.1, -0.05) is 30.7 Å². The third-order valence-corrected chi connectivity index (χ3v) is 6.30. The minimum absolute atomic E-state index is 0.226. The Balaban J connectivity index is 1.87. The van der Waals surface area contributed by atoms with Gasteiger partial charge in [0.05, 0.1) is 0 Å². The highest BCUT2D eigenvalue weighted by molar-refractivity contribution is 5.54. The van der Waals surface area contributed by atoms with E-state index < -0.39 is 0 Å². The minimum atomic E-state index is 0.226. The van der Waals surface area contributed by atoms with Gasteiger partial charge in [-0.3, -0.25) is 0 Å². The highest BCUT2D eigenvalue weighted by atomic mass is 15.1. The van der Waals surface area contributed by atoms with Crippen LogP contribution in [0.25, 0.3) is 0 Å². The highest BCUT2D eigenvalue weighted by Crippen LogP contribution is 2.49. The Morgan fingerprint density at radius 1 is 0.615 bits per heavy atom. The van der Waals surface area contributed by atoms with Crippen molar-refractivity contribution in [3.8, 4) is 0 Å². The van der Waals surface area contributed by atoms with Crippen molar-refractivity contribution >= 4 is 11.4 Å². The Morgan fingerprint density at radius 2 is 0.962 bits per heavy atom. The summed E-state index contributed by atoms with van der Waals surface area (Å²) >= 11 is 0. The molecule has 1 fully saturated rings. The van der Waals surface area contributed by atoms with Crippen molar-refractivity contribution in [2.45, 2.75) is 52.4 Å². The van der Waals surface area contributed by atoms with E-state index in [9.17, 15) is 0 Å². The summed E-state index contributed by atoms with van der Waals surface area (Å²) in [7, 11) is 0. The molecule has 0 N–H and O–H groups in total. The molecule has 2 aromatic rings. The van der Waals surface area contributed by atoms with Crippen LogP contribution in [0.2, 0.25) is 0 Å². The lowest BCUT2D eigenvalue weighted by atomic mass is 9.60. The SMILES string of the molecule is CCN(CC)c1ccc(C2(c3ccc(N(CC)CC)cc3)CCC2)cc1. The molecule has 1 saturated carbocycles.